The largest absolute Gasteiger partial charge is 0.354 e. The first kappa shape index (κ1) is 25.2. The fraction of sp³-hybridized carbons (Fsp3) is 0.650. The maximum atomic E-state index is 12.5. The molecule has 3 N–H and O–H groups in total. The van der Waals surface area contributed by atoms with Crippen molar-refractivity contribution in [1.82, 2.24) is 10.2 Å². The van der Waals surface area contributed by atoms with E-state index in [1.165, 1.54) is 38.6 Å². The number of amides is 1. The van der Waals surface area contributed by atoms with Crippen LogP contribution >= 0.6 is 24.8 Å². The summed E-state index contributed by atoms with van der Waals surface area (Å²) in [5, 5.41) is 3.15. The number of benzene rings is 1. The van der Waals surface area contributed by atoms with Crippen molar-refractivity contribution >= 4 is 30.7 Å². The second-order valence-electron chi connectivity index (χ2n) is 7.01. The predicted molar refractivity (Wildman–Crippen MR) is 114 cm³/mol. The van der Waals surface area contributed by atoms with E-state index in [0.29, 0.717) is 6.04 Å². The number of nitrogens with two attached hydrogens (primary N) is 1. The number of rotatable bonds is 8. The highest BCUT2D eigenvalue weighted by Crippen LogP contribution is 2.20. The number of piperidine rings is 1. The lowest BCUT2D eigenvalue weighted by atomic mass is 9.94. The first-order chi connectivity index (χ1) is 11.6. The van der Waals surface area contributed by atoms with Crippen LogP contribution in [0, 0.1) is 5.92 Å². The van der Waals surface area contributed by atoms with E-state index in [1.807, 2.05) is 37.3 Å². The summed E-state index contributed by atoms with van der Waals surface area (Å²) in [4.78, 5) is 15.1. The number of carbonyl (C=O) groups is 1. The molecule has 0 aliphatic carbocycles. The van der Waals surface area contributed by atoms with Crippen molar-refractivity contribution in [1.29, 1.82) is 0 Å². The van der Waals surface area contributed by atoms with Gasteiger partial charge in [0.25, 0.3) is 0 Å². The number of nitrogens with zero attached hydrogens (tertiary/aromatic N) is 1. The maximum Gasteiger partial charge on any atom is 0.224 e. The second-order valence-corrected chi connectivity index (χ2v) is 7.01. The molecule has 2 rings (SSSR count). The third kappa shape index (κ3) is 7.43. The van der Waals surface area contributed by atoms with Crippen molar-refractivity contribution in [2.24, 2.45) is 11.7 Å². The number of carbonyl (C=O) groups excluding carboxylic acids is 1. The molecule has 6 heteroatoms. The maximum absolute atomic E-state index is 12.5. The van der Waals surface area contributed by atoms with Crippen molar-refractivity contribution in [3.63, 3.8) is 0 Å². The summed E-state index contributed by atoms with van der Waals surface area (Å²) in [5.74, 6) is -0.160. The van der Waals surface area contributed by atoms with Crippen LogP contribution in [0.1, 0.15) is 57.6 Å². The molecule has 0 aromatic heterocycles. The molecule has 1 fully saturated rings. The summed E-state index contributed by atoms with van der Waals surface area (Å²) in [6.07, 6.45) is 6.19. The van der Waals surface area contributed by atoms with Gasteiger partial charge in [0.1, 0.15) is 0 Å². The standard InChI is InChI=1S/C20H33N3O.2ClH/c1-3-4-13-23-14-9-8-12-18(23)15-22-20(24)16(2)19(21)17-10-6-5-7-11-17;;/h5-7,10-11,16,18-19H,3-4,8-9,12-15,21H2,1-2H3,(H,22,24);2*1H. The molecule has 150 valence electrons. The molecule has 1 aliphatic rings. The molecule has 1 amide bonds. The van der Waals surface area contributed by atoms with Crippen LogP contribution in [-0.4, -0.2) is 36.5 Å². The van der Waals surface area contributed by atoms with Gasteiger partial charge in [-0.1, -0.05) is 57.0 Å². The van der Waals surface area contributed by atoms with Crippen molar-refractivity contribution < 1.29 is 4.79 Å². The predicted octanol–water partition coefficient (Wildman–Crippen LogP) is 3.94. The summed E-state index contributed by atoms with van der Waals surface area (Å²) in [5.41, 5.74) is 7.29. The second kappa shape index (κ2) is 13.4. The van der Waals surface area contributed by atoms with Gasteiger partial charge < -0.3 is 11.1 Å². The van der Waals surface area contributed by atoms with Gasteiger partial charge in [-0.25, -0.2) is 0 Å². The highest BCUT2D eigenvalue weighted by molar-refractivity contribution is 5.85. The van der Waals surface area contributed by atoms with E-state index in [9.17, 15) is 4.79 Å². The fourth-order valence-electron chi connectivity index (χ4n) is 3.45. The van der Waals surface area contributed by atoms with Gasteiger partial charge in [0.05, 0.1) is 5.92 Å². The Morgan fingerprint density at radius 3 is 2.62 bits per heavy atom. The van der Waals surface area contributed by atoms with Crippen LogP contribution in [0.15, 0.2) is 30.3 Å². The molecular formula is C20H35Cl2N3O. The van der Waals surface area contributed by atoms with Crippen molar-refractivity contribution in [2.45, 2.75) is 58.0 Å². The first-order valence-corrected chi connectivity index (χ1v) is 9.45. The minimum atomic E-state index is -0.256. The molecule has 1 aromatic rings. The molecule has 4 nitrogen and oxygen atoms in total. The number of nitrogens with one attached hydrogen (secondary N) is 1. The lowest BCUT2D eigenvalue weighted by Crippen LogP contribution is -2.48. The Morgan fingerprint density at radius 1 is 1.27 bits per heavy atom. The van der Waals surface area contributed by atoms with E-state index < -0.39 is 0 Å². The summed E-state index contributed by atoms with van der Waals surface area (Å²) < 4.78 is 0. The molecular weight excluding hydrogens is 369 g/mol. The van der Waals surface area contributed by atoms with Gasteiger partial charge in [0.15, 0.2) is 0 Å². The summed E-state index contributed by atoms with van der Waals surface area (Å²) in [6.45, 7) is 7.21. The van der Waals surface area contributed by atoms with Crippen molar-refractivity contribution in [3.8, 4) is 0 Å². The lowest BCUT2D eigenvalue weighted by molar-refractivity contribution is -0.125. The monoisotopic (exact) mass is 403 g/mol. The summed E-state index contributed by atoms with van der Waals surface area (Å²) >= 11 is 0. The number of hydrogen-bond acceptors (Lipinski definition) is 3. The summed E-state index contributed by atoms with van der Waals surface area (Å²) in [7, 11) is 0. The van der Waals surface area contributed by atoms with Gasteiger partial charge in [-0.15, -0.1) is 24.8 Å². The van der Waals surface area contributed by atoms with E-state index in [-0.39, 0.29) is 42.7 Å². The van der Waals surface area contributed by atoms with E-state index in [0.717, 1.165) is 18.7 Å². The third-order valence-electron chi connectivity index (χ3n) is 5.20. The van der Waals surface area contributed by atoms with Gasteiger partial charge in [0.2, 0.25) is 5.91 Å². The fourth-order valence-corrected chi connectivity index (χ4v) is 3.45. The number of unbranched alkanes of at least 4 members (excludes halogenated alkanes) is 1. The molecule has 0 bridgehead atoms. The van der Waals surface area contributed by atoms with Gasteiger partial charge in [0, 0.05) is 18.6 Å². The van der Waals surface area contributed by atoms with Crippen LogP contribution in [0.5, 0.6) is 0 Å². The average Bonchev–Trinajstić information content (AvgIpc) is 2.64. The number of hydrogen-bond donors (Lipinski definition) is 2. The molecule has 1 aromatic carbocycles. The normalized spacial score (nSPS) is 19.6. The zero-order valence-corrected chi connectivity index (χ0v) is 17.7. The van der Waals surface area contributed by atoms with Crippen molar-refractivity contribution in [3.05, 3.63) is 35.9 Å². The SMILES string of the molecule is CCCCN1CCCCC1CNC(=O)C(C)C(N)c1ccccc1.Cl.Cl. The molecule has 1 heterocycles. The van der Waals surface area contributed by atoms with E-state index in [2.05, 4.69) is 17.1 Å². The van der Waals surface area contributed by atoms with Gasteiger partial charge in [-0.05, 0) is 37.9 Å². The molecule has 1 saturated heterocycles. The van der Waals surface area contributed by atoms with E-state index >= 15 is 0 Å². The van der Waals surface area contributed by atoms with Crippen LogP contribution < -0.4 is 11.1 Å². The van der Waals surface area contributed by atoms with Crippen LogP contribution in [0.3, 0.4) is 0 Å². The Hall–Kier alpha value is -0.810. The quantitative estimate of drug-likeness (QED) is 0.690. The van der Waals surface area contributed by atoms with Crippen LogP contribution in [0.2, 0.25) is 0 Å². The Balaban J connectivity index is 0.00000312. The number of halogens is 2. The lowest BCUT2D eigenvalue weighted by Gasteiger charge is -2.36. The zero-order valence-electron chi connectivity index (χ0n) is 16.0. The minimum Gasteiger partial charge on any atom is -0.354 e. The van der Waals surface area contributed by atoms with Gasteiger partial charge in [-0.2, -0.15) is 0 Å². The minimum absolute atomic E-state index is 0. The Morgan fingerprint density at radius 2 is 1.96 bits per heavy atom. The topological polar surface area (TPSA) is 58.4 Å². The van der Waals surface area contributed by atoms with Gasteiger partial charge >= 0.3 is 0 Å². The first-order valence-electron chi connectivity index (χ1n) is 9.45. The molecule has 3 atom stereocenters. The number of likely N-dealkylation sites (tertiary alicyclic amines) is 1. The molecule has 0 radical (unpaired) electrons. The summed E-state index contributed by atoms with van der Waals surface area (Å²) in [6, 6.07) is 10.1. The molecule has 1 aliphatic heterocycles. The highest BCUT2D eigenvalue weighted by Gasteiger charge is 2.25. The average molecular weight is 404 g/mol. The highest BCUT2D eigenvalue weighted by atomic mass is 35.5. The Bertz CT molecular complexity index is 501. The zero-order chi connectivity index (χ0) is 17.4. The Labute approximate surface area is 171 Å². The van der Waals surface area contributed by atoms with E-state index in [4.69, 9.17) is 5.73 Å². The van der Waals surface area contributed by atoms with Crippen LogP contribution in [-0.2, 0) is 4.79 Å². The Kier molecular flexibility index (Phi) is 13.0. The molecule has 0 saturated carbocycles. The molecule has 26 heavy (non-hydrogen) atoms. The van der Waals surface area contributed by atoms with Crippen molar-refractivity contribution in [2.75, 3.05) is 19.6 Å². The third-order valence-corrected chi connectivity index (χ3v) is 5.20. The smallest absolute Gasteiger partial charge is 0.224 e. The van der Waals surface area contributed by atoms with Gasteiger partial charge in [-0.3, -0.25) is 9.69 Å². The van der Waals surface area contributed by atoms with Crippen LogP contribution in [0.4, 0.5) is 0 Å². The van der Waals surface area contributed by atoms with E-state index in [1.54, 1.807) is 0 Å². The molecule has 3 unspecified atom stereocenters. The molecule has 0 spiro atoms. The van der Waals surface area contributed by atoms with Crippen LogP contribution in [0.25, 0.3) is 0 Å².